The summed E-state index contributed by atoms with van der Waals surface area (Å²) in [5.74, 6) is 1.28. The summed E-state index contributed by atoms with van der Waals surface area (Å²) in [6, 6.07) is 0. The SMILES string of the molecule is CC1=CN=C(N2CCNCC2)CC1. The van der Waals surface area contributed by atoms with E-state index in [4.69, 9.17) is 0 Å². The van der Waals surface area contributed by atoms with Gasteiger partial charge in [-0.05, 0) is 13.3 Å². The third kappa shape index (κ3) is 2.10. The Bertz CT molecular complexity index is 237. The minimum absolute atomic E-state index is 1.10. The van der Waals surface area contributed by atoms with Crippen LogP contribution in [0.1, 0.15) is 19.8 Å². The smallest absolute Gasteiger partial charge is 0.104 e. The molecular formula is C10H17N3. The number of nitrogens with zero attached hydrogens (tertiary/aromatic N) is 2. The fourth-order valence-electron chi connectivity index (χ4n) is 1.79. The Balaban J connectivity index is 1.99. The van der Waals surface area contributed by atoms with Gasteiger partial charge >= 0.3 is 0 Å². The lowest BCUT2D eigenvalue weighted by Crippen LogP contribution is -2.46. The highest BCUT2D eigenvalue weighted by molar-refractivity contribution is 5.84. The lowest BCUT2D eigenvalue weighted by atomic mass is 10.1. The van der Waals surface area contributed by atoms with Crippen LogP contribution in [0.5, 0.6) is 0 Å². The third-order valence-electron chi connectivity index (χ3n) is 2.66. The van der Waals surface area contributed by atoms with Gasteiger partial charge in [-0.3, -0.25) is 0 Å². The molecule has 0 aromatic carbocycles. The zero-order valence-electron chi connectivity index (χ0n) is 8.21. The van der Waals surface area contributed by atoms with Gasteiger partial charge < -0.3 is 10.2 Å². The summed E-state index contributed by atoms with van der Waals surface area (Å²) >= 11 is 0. The van der Waals surface area contributed by atoms with E-state index in [0.29, 0.717) is 0 Å². The van der Waals surface area contributed by atoms with Crippen LogP contribution in [0.15, 0.2) is 16.8 Å². The molecule has 0 unspecified atom stereocenters. The van der Waals surface area contributed by atoms with Crippen LogP contribution >= 0.6 is 0 Å². The molecule has 0 atom stereocenters. The molecule has 1 N–H and O–H groups in total. The first-order valence-corrected chi connectivity index (χ1v) is 5.04. The molecule has 0 spiro atoms. The minimum atomic E-state index is 1.10. The van der Waals surface area contributed by atoms with Gasteiger partial charge in [0.05, 0.1) is 0 Å². The van der Waals surface area contributed by atoms with Crippen LogP contribution in [-0.2, 0) is 0 Å². The maximum atomic E-state index is 4.49. The molecule has 0 aliphatic carbocycles. The van der Waals surface area contributed by atoms with Crippen LogP contribution in [0.3, 0.4) is 0 Å². The van der Waals surface area contributed by atoms with Crippen molar-refractivity contribution in [1.29, 1.82) is 0 Å². The number of aliphatic imine (C=N–C) groups is 1. The summed E-state index contributed by atoms with van der Waals surface area (Å²) in [4.78, 5) is 6.89. The molecule has 2 rings (SSSR count). The Morgan fingerprint density at radius 2 is 2.08 bits per heavy atom. The topological polar surface area (TPSA) is 27.6 Å². The van der Waals surface area contributed by atoms with Crippen molar-refractivity contribution in [2.24, 2.45) is 4.99 Å². The molecule has 72 valence electrons. The zero-order chi connectivity index (χ0) is 9.10. The predicted octanol–water partition coefficient (Wildman–Crippen LogP) is 0.988. The normalized spacial score (nSPS) is 23.9. The van der Waals surface area contributed by atoms with Crippen molar-refractivity contribution in [3.8, 4) is 0 Å². The molecule has 0 aromatic rings. The van der Waals surface area contributed by atoms with E-state index in [9.17, 15) is 0 Å². The van der Waals surface area contributed by atoms with E-state index < -0.39 is 0 Å². The number of nitrogens with one attached hydrogen (secondary N) is 1. The largest absolute Gasteiger partial charge is 0.358 e. The molecule has 2 aliphatic heterocycles. The molecule has 0 saturated carbocycles. The van der Waals surface area contributed by atoms with E-state index in [1.807, 2.05) is 6.20 Å². The highest BCUT2D eigenvalue weighted by Crippen LogP contribution is 2.13. The summed E-state index contributed by atoms with van der Waals surface area (Å²) in [5.41, 5.74) is 1.40. The third-order valence-corrected chi connectivity index (χ3v) is 2.66. The van der Waals surface area contributed by atoms with Gasteiger partial charge in [-0.15, -0.1) is 0 Å². The molecule has 1 fully saturated rings. The Kier molecular flexibility index (Phi) is 2.64. The summed E-state index contributed by atoms with van der Waals surface area (Å²) < 4.78 is 0. The van der Waals surface area contributed by atoms with Crippen molar-refractivity contribution in [1.82, 2.24) is 10.2 Å². The van der Waals surface area contributed by atoms with E-state index in [0.717, 1.165) is 32.6 Å². The molecule has 2 aliphatic rings. The predicted molar refractivity (Wildman–Crippen MR) is 54.9 cm³/mol. The van der Waals surface area contributed by atoms with E-state index in [1.165, 1.54) is 17.8 Å². The summed E-state index contributed by atoms with van der Waals surface area (Å²) in [5, 5.41) is 3.35. The van der Waals surface area contributed by atoms with E-state index in [1.54, 1.807) is 0 Å². The van der Waals surface area contributed by atoms with Gasteiger partial charge in [0, 0.05) is 38.8 Å². The highest BCUT2D eigenvalue weighted by atomic mass is 15.2. The second-order valence-corrected chi connectivity index (χ2v) is 3.76. The molecule has 13 heavy (non-hydrogen) atoms. The quantitative estimate of drug-likeness (QED) is 0.600. The van der Waals surface area contributed by atoms with Crippen LogP contribution in [0, 0.1) is 0 Å². The van der Waals surface area contributed by atoms with Crippen LogP contribution in [0.25, 0.3) is 0 Å². The second-order valence-electron chi connectivity index (χ2n) is 3.76. The number of hydrogen-bond donors (Lipinski definition) is 1. The molecule has 0 aromatic heterocycles. The average molecular weight is 179 g/mol. The van der Waals surface area contributed by atoms with E-state index in [-0.39, 0.29) is 0 Å². The monoisotopic (exact) mass is 179 g/mol. The van der Waals surface area contributed by atoms with Crippen LogP contribution in [0.4, 0.5) is 0 Å². The fourth-order valence-corrected chi connectivity index (χ4v) is 1.79. The standard InChI is InChI=1S/C10H17N3/c1-9-2-3-10(12-8-9)13-6-4-11-5-7-13/h8,11H,2-7H2,1H3. The Morgan fingerprint density at radius 3 is 2.69 bits per heavy atom. The summed E-state index contributed by atoms with van der Waals surface area (Å²) in [7, 11) is 0. The van der Waals surface area contributed by atoms with Gasteiger partial charge in [-0.25, -0.2) is 4.99 Å². The maximum absolute atomic E-state index is 4.49. The van der Waals surface area contributed by atoms with Crippen molar-refractivity contribution in [2.75, 3.05) is 26.2 Å². The molecule has 2 heterocycles. The van der Waals surface area contributed by atoms with Crippen molar-refractivity contribution in [2.45, 2.75) is 19.8 Å². The lowest BCUT2D eigenvalue weighted by molar-refractivity contribution is 0.350. The first-order valence-electron chi connectivity index (χ1n) is 5.04. The number of allylic oxidation sites excluding steroid dienone is 1. The Labute approximate surface area is 79.5 Å². The number of hydrogen-bond acceptors (Lipinski definition) is 3. The average Bonchev–Trinajstić information content (AvgIpc) is 2.20. The first-order chi connectivity index (χ1) is 6.36. The molecule has 0 amide bonds. The molecular weight excluding hydrogens is 162 g/mol. The van der Waals surface area contributed by atoms with Crippen LogP contribution in [0.2, 0.25) is 0 Å². The van der Waals surface area contributed by atoms with E-state index in [2.05, 4.69) is 22.1 Å². The molecule has 3 heteroatoms. The van der Waals surface area contributed by atoms with Gasteiger partial charge in [0.1, 0.15) is 5.84 Å². The van der Waals surface area contributed by atoms with Gasteiger partial charge in [0.15, 0.2) is 0 Å². The lowest BCUT2D eigenvalue weighted by Gasteiger charge is -2.31. The van der Waals surface area contributed by atoms with Crippen molar-refractivity contribution >= 4 is 5.84 Å². The Hall–Kier alpha value is -0.830. The van der Waals surface area contributed by atoms with Gasteiger partial charge in [0.25, 0.3) is 0 Å². The van der Waals surface area contributed by atoms with Crippen molar-refractivity contribution < 1.29 is 0 Å². The number of amidine groups is 1. The molecule has 0 radical (unpaired) electrons. The van der Waals surface area contributed by atoms with Gasteiger partial charge in [-0.1, -0.05) is 5.57 Å². The molecule has 1 saturated heterocycles. The second kappa shape index (κ2) is 3.92. The van der Waals surface area contributed by atoms with Gasteiger partial charge in [0.2, 0.25) is 0 Å². The van der Waals surface area contributed by atoms with Crippen molar-refractivity contribution in [3.63, 3.8) is 0 Å². The molecule has 0 bridgehead atoms. The van der Waals surface area contributed by atoms with Crippen molar-refractivity contribution in [3.05, 3.63) is 11.8 Å². The molecule has 3 nitrogen and oxygen atoms in total. The first kappa shape index (κ1) is 8.75. The van der Waals surface area contributed by atoms with Crippen LogP contribution in [-0.4, -0.2) is 36.9 Å². The van der Waals surface area contributed by atoms with Crippen LogP contribution < -0.4 is 5.32 Å². The summed E-state index contributed by atoms with van der Waals surface area (Å²) in [6.07, 6.45) is 4.33. The summed E-state index contributed by atoms with van der Waals surface area (Å²) in [6.45, 7) is 6.58. The number of piperazine rings is 1. The highest BCUT2D eigenvalue weighted by Gasteiger charge is 2.15. The fraction of sp³-hybridized carbons (Fsp3) is 0.700. The maximum Gasteiger partial charge on any atom is 0.104 e. The number of rotatable bonds is 0. The zero-order valence-corrected chi connectivity index (χ0v) is 8.21. The minimum Gasteiger partial charge on any atom is -0.358 e. The Morgan fingerprint density at radius 1 is 1.31 bits per heavy atom. The van der Waals surface area contributed by atoms with E-state index >= 15 is 0 Å². The van der Waals surface area contributed by atoms with Gasteiger partial charge in [-0.2, -0.15) is 0 Å².